The molecule has 7 nitrogen and oxygen atoms in total. The van der Waals surface area contributed by atoms with E-state index in [2.05, 4.69) is 15.0 Å². The number of fused-ring (bicyclic) bond motifs is 1. The number of benzene rings is 1. The summed E-state index contributed by atoms with van der Waals surface area (Å²) in [6, 6.07) is 5.02. The molecule has 1 heterocycles. The van der Waals surface area contributed by atoms with E-state index in [9.17, 15) is 4.57 Å². The predicted molar refractivity (Wildman–Crippen MR) is 77.6 cm³/mol. The summed E-state index contributed by atoms with van der Waals surface area (Å²) in [6.07, 6.45) is 1.72. The number of rotatable bonds is 6. The number of hydrogen-bond donors (Lipinski definition) is 1. The van der Waals surface area contributed by atoms with Crippen LogP contribution < -0.4 is 5.30 Å². The van der Waals surface area contributed by atoms with Crippen molar-refractivity contribution in [1.29, 1.82) is 0 Å². The first-order valence-corrected chi connectivity index (χ1v) is 7.74. The summed E-state index contributed by atoms with van der Waals surface area (Å²) >= 11 is 0. The van der Waals surface area contributed by atoms with Crippen molar-refractivity contribution < 1.29 is 13.6 Å². The standard InChI is InChI=1S/C12H15N4O3P/c1-3-18-20(17,19-4-2)9-7-11-10(5-6-14-11)12(8-9)15-16-13/h5-8,14H,3-4H2,1-2H3. The maximum atomic E-state index is 12.7. The highest BCUT2D eigenvalue weighted by Crippen LogP contribution is 2.48. The van der Waals surface area contributed by atoms with Crippen LogP contribution in [0.2, 0.25) is 0 Å². The fourth-order valence-electron chi connectivity index (χ4n) is 1.95. The average molecular weight is 294 g/mol. The van der Waals surface area contributed by atoms with Gasteiger partial charge in [0.25, 0.3) is 0 Å². The van der Waals surface area contributed by atoms with Crippen molar-refractivity contribution >= 4 is 29.5 Å². The molecule has 0 saturated carbocycles. The molecule has 0 saturated heterocycles. The lowest BCUT2D eigenvalue weighted by Gasteiger charge is -2.17. The van der Waals surface area contributed by atoms with Gasteiger partial charge in [0.05, 0.1) is 18.5 Å². The minimum atomic E-state index is -3.41. The SMILES string of the molecule is CCOP(=O)(OCC)c1cc(N=[N+]=[N-])c2cc[nH]c2c1. The topological polar surface area (TPSA) is 100 Å². The van der Waals surface area contributed by atoms with Gasteiger partial charge in [-0.05, 0) is 37.6 Å². The van der Waals surface area contributed by atoms with E-state index >= 15 is 0 Å². The average Bonchev–Trinajstić information content (AvgIpc) is 2.88. The number of nitrogens with zero attached hydrogens (tertiary/aromatic N) is 3. The third-order valence-electron chi connectivity index (χ3n) is 2.70. The lowest BCUT2D eigenvalue weighted by molar-refractivity contribution is 0.230. The Kier molecular flexibility index (Phi) is 4.47. The molecule has 8 heteroatoms. The molecule has 1 aromatic heterocycles. The molecular weight excluding hydrogens is 279 g/mol. The molecule has 1 aromatic carbocycles. The Morgan fingerprint density at radius 2 is 2.05 bits per heavy atom. The van der Waals surface area contributed by atoms with E-state index < -0.39 is 7.60 Å². The molecule has 0 aliphatic rings. The smallest absolute Gasteiger partial charge is 0.361 e. The fourth-order valence-corrected chi connectivity index (χ4v) is 3.57. The van der Waals surface area contributed by atoms with Gasteiger partial charge in [0.1, 0.15) is 0 Å². The zero-order chi connectivity index (χ0) is 14.6. The van der Waals surface area contributed by atoms with E-state index in [0.717, 1.165) is 5.39 Å². The lowest BCUT2D eigenvalue weighted by Crippen LogP contribution is -2.10. The van der Waals surface area contributed by atoms with Gasteiger partial charge < -0.3 is 14.0 Å². The van der Waals surface area contributed by atoms with Crippen LogP contribution in [0.15, 0.2) is 29.5 Å². The van der Waals surface area contributed by atoms with Crippen LogP contribution >= 0.6 is 7.60 Å². The normalized spacial score (nSPS) is 11.5. The van der Waals surface area contributed by atoms with E-state index in [1.54, 1.807) is 38.2 Å². The molecule has 0 aliphatic carbocycles. The van der Waals surface area contributed by atoms with Crippen LogP contribution in [0.3, 0.4) is 0 Å². The van der Waals surface area contributed by atoms with Crippen LogP contribution in [0, 0.1) is 0 Å². The minimum absolute atomic E-state index is 0.261. The largest absolute Gasteiger partial charge is 0.361 e. The monoisotopic (exact) mass is 294 g/mol. The van der Waals surface area contributed by atoms with Crippen LogP contribution in [-0.2, 0) is 13.6 Å². The summed E-state index contributed by atoms with van der Waals surface area (Å²) in [7, 11) is -3.41. The first-order chi connectivity index (χ1) is 9.64. The van der Waals surface area contributed by atoms with Crippen molar-refractivity contribution in [3.63, 3.8) is 0 Å². The van der Waals surface area contributed by atoms with E-state index in [4.69, 9.17) is 14.6 Å². The molecule has 0 unspecified atom stereocenters. The first kappa shape index (κ1) is 14.6. The van der Waals surface area contributed by atoms with Crippen LogP contribution in [0.5, 0.6) is 0 Å². The van der Waals surface area contributed by atoms with Gasteiger partial charge in [-0.2, -0.15) is 0 Å². The summed E-state index contributed by atoms with van der Waals surface area (Å²) in [6.45, 7) is 4.01. The van der Waals surface area contributed by atoms with Gasteiger partial charge in [-0.3, -0.25) is 4.57 Å². The Morgan fingerprint density at radius 1 is 1.35 bits per heavy atom. The minimum Gasteiger partial charge on any atom is -0.361 e. The van der Waals surface area contributed by atoms with Crippen LogP contribution in [0.4, 0.5) is 5.69 Å². The van der Waals surface area contributed by atoms with Gasteiger partial charge in [0.2, 0.25) is 0 Å². The summed E-state index contributed by atoms with van der Waals surface area (Å²) in [5.74, 6) is 0. The quantitative estimate of drug-likeness (QED) is 0.377. The molecule has 0 spiro atoms. The lowest BCUT2D eigenvalue weighted by atomic mass is 10.2. The molecule has 0 radical (unpaired) electrons. The molecule has 2 rings (SSSR count). The van der Waals surface area contributed by atoms with E-state index in [-0.39, 0.29) is 13.2 Å². The Morgan fingerprint density at radius 3 is 2.65 bits per heavy atom. The molecule has 106 valence electrons. The second-order valence-electron chi connectivity index (χ2n) is 3.93. The molecule has 0 atom stereocenters. The number of azide groups is 1. The number of nitrogens with one attached hydrogen (secondary N) is 1. The number of aromatic amines is 1. The second kappa shape index (κ2) is 6.11. The van der Waals surface area contributed by atoms with Gasteiger partial charge in [-0.25, -0.2) is 0 Å². The van der Waals surface area contributed by atoms with Crippen molar-refractivity contribution in [1.82, 2.24) is 4.98 Å². The highest BCUT2D eigenvalue weighted by Gasteiger charge is 2.27. The Hall–Kier alpha value is -1.78. The van der Waals surface area contributed by atoms with E-state index in [0.29, 0.717) is 16.5 Å². The van der Waals surface area contributed by atoms with E-state index in [1.807, 2.05) is 0 Å². The molecule has 0 amide bonds. The summed E-state index contributed by atoms with van der Waals surface area (Å²) in [4.78, 5) is 5.79. The second-order valence-corrected chi connectivity index (χ2v) is 5.95. The Balaban J connectivity index is 2.63. The third kappa shape index (κ3) is 2.71. The van der Waals surface area contributed by atoms with Crippen LogP contribution in [0.1, 0.15) is 13.8 Å². The molecular formula is C12H15N4O3P. The maximum Gasteiger partial charge on any atom is 0.361 e. The number of aromatic nitrogens is 1. The summed E-state index contributed by atoms with van der Waals surface area (Å²) < 4.78 is 23.3. The highest BCUT2D eigenvalue weighted by atomic mass is 31.2. The first-order valence-electron chi connectivity index (χ1n) is 6.20. The molecule has 0 aliphatic heterocycles. The number of H-pyrrole nitrogens is 1. The third-order valence-corrected chi connectivity index (χ3v) is 4.79. The van der Waals surface area contributed by atoms with Crippen LogP contribution in [0.25, 0.3) is 21.3 Å². The van der Waals surface area contributed by atoms with Gasteiger partial charge in [-0.15, -0.1) is 0 Å². The Labute approximate surface area is 116 Å². The number of hydrogen-bond acceptors (Lipinski definition) is 4. The van der Waals surface area contributed by atoms with Crippen molar-refractivity contribution in [2.45, 2.75) is 13.8 Å². The molecule has 0 bridgehead atoms. The van der Waals surface area contributed by atoms with Gasteiger partial charge in [0, 0.05) is 27.7 Å². The predicted octanol–water partition coefficient (Wildman–Crippen LogP) is 4.00. The van der Waals surface area contributed by atoms with Gasteiger partial charge >= 0.3 is 7.60 Å². The summed E-state index contributed by atoms with van der Waals surface area (Å²) in [5, 5.41) is 4.76. The molecule has 2 aromatic rings. The zero-order valence-corrected chi connectivity index (χ0v) is 12.1. The van der Waals surface area contributed by atoms with Crippen molar-refractivity contribution in [2.75, 3.05) is 13.2 Å². The van der Waals surface area contributed by atoms with Crippen molar-refractivity contribution in [3.05, 3.63) is 34.8 Å². The molecule has 0 fully saturated rings. The fraction of sp³-hybridized carbons (Fsp3) is 0.333. The highest BCUT2D eigenvalue weighted by molar-refractivity contribution is 7.62. The molecule has 1 N–H and O–H groups in total. The summed E-state index contributed by atoms with van der Waals surface area (Å²) in [5.41, 5.74) is 9.74. The van der Waals surface area contributed by atoms with Gasteiger partial charge in [-0.1, -0.05) is 5.11 Å². The zero-order valence-electron chi connectivity index (χ0n) is 11.2. The Bertz CT molecular complexity index is 696. The maximum absolute atomic E-state index is 12.7. The van der Waals surface area contributed by atoms with Crippen molar-refractivity contribution in [3.8, 4) is 0 Å². The van der Waals surface area contributed by atoms with Crippen molar-refractivity contribution in [2.24, 2.45) is 5.11 Å². The van der Waals surface area contributed by atoms with Crippen LogP contribution in [-0.4, -0.2) is 18.2 Å². The van der Waals surface area contributed by atoms with E-state index in [1.165, 1.54) is 0 Å². The van der Waals surface area contributed by atoms with Gasteiger partial charge in [0.15, 0.2) is 0 Å². The molecule has 20 heavy (non-hydrogen) atoms.